The third-order valence-corrected chi connectivity index (χ3v) is 2.53. The van der Waals surface area contributed by atoms with Crippen LogP contribution in [0.1, 0.15) is 33.6 Å². The largest absolute Gasteiger partial charge is 0.371 e. The van der Waals surface area contributed by atoms with Crippen molar-refractivity contribution in [2.45, 2.75) is 33.6 Å². The number of amides is 1. The second-order valence-electron chi connectivity index (χ2n) is 4.45. The topological polar surface area (TPSA) is 56.2 Å². The van der Waals surface area contributed by atoms with Crippen LogP contribution >= 0.6 is 0 Å². The Morgan fingerprint density at radius 2 is 2.38 bits per heavy atom. The minimum absolute atomic E-state index is 0.147. The van der Waals surface area contributed by atoms with E-state index < -0.39 is 0 Å². The van der Waals surface area contributed by atoms with Crippen LogP contribution in [0.25, 0.3) is 0 Å². The number of nitrogens with one attached hydrogen (secondary N) is 2. The Hall–Kier alpha value is -1.32. The van der Waals surface area contributed by atoms with Gasteiger partial charge in [0.1, 0.15) is 5.82 Å². The fourth-order valence-electron chi connectivity index (χ4n) is 1.77. The van der Waals surface area contributed by atoms with Gasteiger partial charge in [-0.1, -0.05) is 13.8 Å². The van der Waals surface area contributed by atoms with Gasteiger partial charge in [0.25, 0.3) is 0 Å². The summed E-state index contributed by atoms with van der Waals surface area (Å²) >= 11 is 0. The molecular formula is C12H21N3O. The van der Waals surface area contributed by atoms with E-state index in [0.717, 1.165) is 25.3 Å². The molecule has 0 aromatic heterocycles. The van der Waals surface area contributed by atoms with E-state index in [4.69, 9.17) is 5.41 Å². The second kappa shape index (κ2) is 5.68. The van der Waals surface area contributed by atoms with Crippen molar-refractivity contribution < 1.29 is 4.79 Å². The molecule has 2 N–H and O–H groups in total. The lowest BCUT2D eigenvalue weighted by Gasteiger charge is -2.34. The summed E-state index contributed by atoms with van der Waals surface area (Å²) in [6.45, 7) is 7.46. The quantitative estimate of drug-likeness (QED) is 0.716. The van der Waals surface area contributed by atoms with E-state index in [1.54, 1.807) is 17.9 Å². The smallest absolute Gasteiger partial charge is 0.228 e. The average Bonchev–Trinajstić information content (AvgIpc) is 2.20. The first-order valence-electron chi connectivity index (χ1n) is 5.85. The molecule has 0 radical (unpaired) electrons. The standard InChI is InChI=1S/C12H21N3O/c1-4-5-12(16)15-8-9(2)7-14-11(15)6-10(3)13/h6,9,13-14H,4-5,7-8H2,1-3H3/b11-6+,13-10?. The number of rotatable bonds is 3. The Kier molecular flexibility index (Phi) is 4.52. The van der Waals surface area contributed by atoms with Crippen LogP contribution in [-0.2, 0) is 4.79 Å². The summed E-state index contributed by atoms with van der Waals surface area (Å²) in [5.41, 5.74) is 0.464. The van der Waals surface area contributed by atoms with Crippen molar-refractivity contribution in [1.29, 1.82) is 5.41 Å². The molecule has 16 heavy (non-hydrogen) atoms. The summed E-state index contributed by atoms with van der Waals surface area (Å²) < 4.78 is 0. The van der Waals surface area contributed by atoms with Gasteiger partial charge in [0.2, 0.25) is 5.91 Å². The van der Waals surface area contributed by atoms with Gasteiger partial charge in [0, 0.05) is 25.2 Å². The maximum Gasteiger partial charge on any atom is 0.228 e. The number of nitrogens with zero attached hydrogens (tertiary/aromatic N) is 1. The van der Waals surface area contributed by atoms with Crippen molar-refractivity contribution in [3.05, 3.63) is 11.9 Å². The van der Waals surface area contributed by atoms with E-state index in [-0.39, 0.29) is 5.91 Å². The zero-order valence-corrected chi connectivity index (χ0v) is 10.3. The number of allylic oxidation sites excluding steroid dienone is 1. The van der Waals surface area contributed by atoms with Crippen LogP contribution in [-0.4, -0.2) is 29.6 Å². The lowest BCUT2D eigenvalue weighted by molar-refractivity contribution is -0.130. The molecule has 0 aromatic carbocycles. The molecule has 1 atom stereocenters. The summed E-state index contributed by atoms with van der Waals surface area (Å²) in [5, 5.41) is 10.7. The molecule has 1 rings (SSSR count). The van der Waals surface area contributed by atoms with Gasteiger partial charge in [-0.3, -0.25) is 9.69 Å². The Labute approximate surface area is 97.2 Å². The van der Waals surface area contributed by atoms with Crippen LogP contribution in [0.2, 0.25) is 0 Å². The zero-order chi connectivity index (χ0) is 12.1. The highest BCUT2D eigenvalue weighted by Gasteiger charge is 2.24. The van der Waals surface area contributed by atoms with Gasteiger partial charge >= 0.3 is 0 Å². The molecular weight excluding hydrogens is 202 g/mol. The fraction of sp³-hybridized carbons (Fsp3) is 0.667. The molecule has 90 valence electrons. The van der Waals surface area contributed by atoms with Gasteiger partial charge in [-0.25, -0.2) is 0 Å². The Morgan fingerprint density at radius 3 is 2.94 bits per heavy atom. The first-order chi connectivity index (χ1) is 7.54. The summed E-state index contributed by atoms with van der Waals surface area (Å²) in [5.74, 6) is 1.39. The van der Waals surface area contributed by atoms with Crippen molar-refractivity contribution in [2.24, 2.45) is 5.92 Å². The van der Waals surface area contributed by atoms with Gasteiger partial charge in [0.05, 0.1) is 0 Å². The molecule has 0 aromatic rings. The summed E-state index contributed by atoms with van der Waals surface area (Å²) in [6, 6.07) is 0. The maximum atomic E-state index is 11.9. The molecule has 4 nitrogen and oxygen atoms in total. The first-order valence-corrected chi connectivity index (χ1v) is 5.85. The lowest BCUT2D eigenvalue weighted by atomic mass is 10.1. The molecule has 1 amide bonds. The molecule has 0 spiro atoms. The van der Waals surface area contributed by atoms with Gasteiger partial charge in [-0.2, -0.15) is 0 Å². The number of hydrogen-bond acceptors (Lipinski definition) is 3. The van der Waals surface area contributed by atoms with Crippen LogP contribution in [0, 0.1) is 11.3 Å². The summed E-state index contributed by atoms with van der Waals surface area (Å²) in [4.78, 5) is 13.7. The minimum atomic E-state index is 0.147. The molecule has 1 saturated heterocycles. The highest BCUT2D eigenvalue weighted by Crippen LogP contribution is 2.14. The lowest BCUT2D eigenvalue weighted by Crippen LogP contribution is -2.47. The number of carbonyl (C=O) groups excluding carboxylic acids is 1. The predicted molar refractivity (Wildman–Crippen MR) is 65.3 cm³/mol. The van der Waals surface area contributed by atoms with E-state index in [1.807, 2.05) is 6.92 Å². The van der Waals surface area contributed by atoms with Crippen molar-refractivity contribution >= 4 is 11.6 Å². The Bertz CT molecular complexity index is 309. The SMILES string of the molecule is CCCC(=O)N1CC(C)CN/C1=C\C(C)=N. The van der Waals surface area contributed by atoms with Crippen molar-refractivity contribution in [2.75, 3.05) is 13.1 Å². The molecule has 0 bridgehead atoms. The first kappa shape index (κ1) is 12.7. The van der Waals surface area contributed by atoms with Crippen LogP contribution in [0.15, 0.2) is 11.9 Å². The molecule has 1 aliphatic rings. The number of hydrogen-bond donors (Lipinski definition) is 2. The fourth-order valence-corrected chi connectivity index (χ4v) is 1.77. The summed E-state index contributed by atoms with van der Waals surface area (Å²) in [7, 11) is 0. The van der Waals surface area contributed by atoms with E-state index >= 15 is 0 Å². The molecule has 1 aliphatic heterocycles. The monoisotopic (exact) mass is 223 g/mol. The van der Waals surface area contributed by atoms with Gasteiger partial charge in [-0.15, -0.1) is 0 Å². The third kappa shape index (κ3) is 3.36. The highest BCUT2D eigenvalue weighted by atomic mass is 16.2. The van der Waals surface area contributed by atoms with Crippen molar-refractivity contribution in [3.8, 4) is 0 Å². The molecule has 0 saturated carbocycles. The third-order valence-electron chi connectivity index (χ3n) is 2.53. The van der Waals surface area contributed by atoms with Gasteiger partial charge in [0.15, 0.2) is 0 Å². The van der Waals surface area contributed by atoms with Crippen LogP contribution < -0.4 is 5.32 Å². The van der Waals surface area contributed by atoms with Gasteiger partial charge in [-0.05, 0) is 25.3 Å². The highest BCUT2D eigenvalue weighted by molar-refractivity contribution is 5.91. The van der Waals surface area contributed by atoms with Crippen LogP contribution in [0.5, 0.6) is 0 Å². The maximum absolute atomic E-state index is 11.9. The average molecular weight is 223 g/mol. The van der Waals surface area contributed by atoms with E-state index in [9.17, 15) is 4.79 Å². The normalized spacial score (nSPS) is 23.1. The minimum Gasteiger partial charge on any atom is -0.371 e. The molecule has 4 heteroatoms. The molecule has 1 heterocycles. The van der Waals surface area contributed by atoms with Crippen LogP contribution in [0.4, 0.5) is 0 Å². The Morgan fingerprint density at radius 1 is 1.69 bits per heavy atom. The van der Waals surface area contributed by atoms with E-state index in [0.29, 0.717) is 18.1 Å². The van der Waals surface area contributed by atoms with E-state index in [1.165, 1.54) is 0 Å². The Balaban J connectivity index is 2.80. The number of carbonyl (C=O) groups is 1. The van der Waals surface area contributed by atoms with Gasteiger partial charge < -0.3 is 10.7 Å². The second-order valence-corrected chi connectivity index (χ2v) is 4.45. The summed E-state index contributed by atoms with van der Waals surface area (Å²) in [6.07, 6.45) is 3.16. The van der Waals surface area contributed by atoms with Crippen LogP contribution in [0.3, 0.4) is 0 Å². The van der Waals surface area contributed by atoms with Crippen molar-refractivity contribution in [1.82, 2.24) is 10.2 Å². The predicted octanol–water partition coefficient (Wildman–Crippen LogP) is 1.74. The molecule has 1 fully saturated rings. The van der Waals surface area contributed by atoms with Crippen molar-refractivity contribution in [3.63, 3.8) is 0 Å². The molecule has 0 aliphatic carbocycles. The molecule has 1 unspecified atom stereocenters. The zero-order valence-electron chi connectivity index (χ0n) is 10.3. The van der Waals surface area contributed by atoms with E-state index in [2.05, 4.69) is 12.2 Å².